The van der Waals surface area contributed by atoms with Gasteiger partial charge in [-0.3, -0.25) is 0 Å². The third-order valence-corrected chi connectivity index (χ3v) is 2.93. The Morgan fingerprint density at radius 1 is 1.64 bits per heavy atom. The normalized spacial score (nSPS) is 10.4. The van der Waals surface area contributed by atoms with E-state index in [-0.39, 0.29) is 0 Å². The summed E-state index contributed by atoms with van der Waals surface area (Å²) in [4.78, 5) is 0. The molecule has 0 fully saturated rings. The Kier molecular flexibility index (Phi) is 2.73. The summed E-state index contributed by atoms with van der Waals surface area (Å²) >= 11 is 4.64. The highest BCUT2D eigenvalue weighted by molar-refractivity contribution is 9.10. The van der Waals surface area contributed by atoms with E-state index in [9.17, 15) is 0 Å². The highest BCUT2D eigenvalue weighted by Gasteiger charge is 2.07. The van der Waals surface area contributed by atoms with Crippen LogP contribution in [-0.4, -0.2) is 24.6 Å². The lowest BCUT2D eigenvalue weighted by molar-refractivity contribution is 0.684. The van der Waals surface area contributed by atoms with Gasteiger partial charge >= 0.3 is 0 Å². The number of nitrogens with one attached hydrogen (secondary N) is 1. The first kappa shape index (κ1) is 9.53. The number of hydrogen-bond donors (Lipinski definition) is 1. The molecule has 74 valence electrons. The monoisotopic (exact) mass is 274 g/mol. The molecule has 2 rings (SSSR count). The third kappa shape index (κ3) is 1.90. The lowest BCUT2D eigenvalue weighted by atomic mass is 10.4. The summed E-state index contributed by atoms with van der Waals surface area (Å²) in [5.74, 6) is 0. The zero-order valence-corrected chi connectivity index (χ0v) is 9.71. The number of anilines is 1. The number of halogens is 1. The van der Waals surface area contributed by atoms with Crippen molar-refractivity contribution >= 4 is 32.5 Å². The van der Waals surface area contributed by atoms with E-state index in [1.807, 2.05) is 7.05 Å². The van der Waals surface area contributed by atoms with Crippen LogP contribution in [0.1, 0.15) is 5.69 Å². The third-order valence-electron chi connectivity index (χ3n) is 1.69. The maximum absolute atomic E-state index is 3.88. The van der Waals surface area contributed by atoms with Crippen LogP contribution in [0, 0.1) is 0 Å². The van der Waals surface area contributed by atoms with E-state index in [0.29, 0.717) is 6.54 Å². The van der Waals surface area contributed by atoms with Gasteiger partial charge in [0.05, 0.1) is 18.4 Å². The molecule has 0 unspecified atom stereocenters. The summed E-state index contributed by atoms with van der Waals surface area (Å²) < 4.78 is 6.21. The summed E-state index contributed by atoms with van der Waals surface area (Å²) in [5.41, 5.74) is 0.985. The molecule has 0 radical (unpaired) electrons. The maximum atomic E-state index is 3.88. The Hall–Kier alpha value is -1.02. The summed E-state index contributed by atoms with van der Waals surface area (Å²) in [6, 6.07) is 0. The minimum Gasteiger partial charge on any atom is -0.369 e. The predicted octanol–water partition coefficient (Wildman–Crippen LogP) is 1.04. The van der Waals surface area contributed by atoms with Crippen molar-refractivity contribution in [3.05, 3.63) is 16.5 Å². The Morgan fingerprint density at radius 2 is 2.50 bits per heavy atom. The highest BCUT2D eigenvalue weighted by Crippen LogP contribution is 2.15. The second kappa shape index (κ2) is 4.01. The zero-order valence-electron chi connectivity index (χ0n) is 7.31. The molecule has 2 aromatic rings. The predicted molar refractivity (Wildman–Crippen MR) is 55.9 cm³/mol. The molecule has 14 heavy (non-hydrogen) atoms. The number of aromatic nitrogens is 5. The minimum atomic E-state index is 0.647. The molecule has 0 aliphatic heterocycles. The fourth-order valence-corrected chi connectivity index (χ4v) is 1.84. The first-order valence-electron chi connectivity index (χ1n) is 3.82. The van der Waals surface area contributed by atoms with Crippen molar-refractivity contribution in [3.8, 4) is 0 Å². The number of aryl methyl sites for hydroxylation is 1. The zero-order chi connectivity index (χ0) is 9.97. The lowest BCUT2D eigenvalue weighted by Crippen LogP contribution is -2.05. The quantitative estimate of drug-likeness (QED) is 0.906. The van der Waals surface area contributed by atoms with E-state index < -0.39 is 0 Å². The molecule has 0 aliphatic rings. The minimum absolute atomic E-state index is 0.647. The molecule has 1 N–H and O–H groups in total. The highest BCUT2D eigenvalue weighted by atomic mass is 79.9. The molecular formula is C6H7BrN6S. The van der Waals surface area contributed by atoms with Gasteiger partial charge < -0.3 is 5.32 Å². The molecule has 0 bridgehead atoms. The van der Waals surface area contributed by atoms with E-state index in [1.54, 1.807) is 10.9 Å². The number of rotatable bonds is 3. The van der Waals surface area contributed by atoms with Crippen molar-refractivity contribution in [2.75, 3.05) is 5.32 Å². The van der Waals surface area contributed by atoms with Crippen molar-refractivity contribution in [2.45, 2.75) is 6.54 Å². The summed E-state index contributed by atoms with van der Waals surface area (Å²) in [5, 5.41) is 15.6. The number of hydrogen-bond acceptors (Lipinski definition) is 6. The van der Waals surface area contributed by atoms with Crippen LogP contribution < -0.4 is 5.32 Å². The molecule has 0 atom stereocenters. The molecule has 6 nitrogen and oxygen atoms in total. The van der Waals surface area contributed by atoms with Gasteiger partial charge in [0, 0.05) is 18.6 Å². The molecule has 0 saturated heterocycles. The SMILES string of the molecule is Cn1nnc(Br)c1CNc1cnns1. The molecule has 8 heteroatoms. The maximum Gasteiger partial charge on any atom is 0.153 e. The first-order chi connectivity index (χ1) is 6.77. The van der Waals surface area contributed by atoms with Crippen LogP contribution in [0.4, 0.5) is 5.00 Å². The average molecular weight is 275 g/mol. The summed E-state index contributed by atoms with van der Waals surface area (Å²) in [7, 11) is 1.85. The van der Waals surface area contributed by atoms with Gasteiger partial charge in [-0.15, -0.1) is 10.2 Å². The van der Waals surface area contributed by atoms with Gasteiger partial charge in [0.15, 0.2) is 4.60 Å². The van der Waals surface area contributed by atoms with Crippen molar-refractivity contribution in [2.24, 2.45) is 7.05 Å². The van der Waals surface area contributed by atoms with Crippen molar-refractivity contribution in [1.29, 1.82) is 0 Å². The van der Waals surface area contributed by atoms with Crippen LogP contribution in [0.15, 0.2) is 10.8 Å². The van der Waals surface area contributed by atoms with Gasteiger partial charge in [-0.1, -0.05) is 9.70 Å². The van der Waals surface area contributed by atoms with Crippen molar-refractivity contribution < 1.29 is 0 Å². The lowest BCUT2D eigenvalue weighted by Gasteiger charge is -2.02. The van der Waals surface area contributed by atoms with Crippen LogP contribution in [0.5, 0.6) is 0 Å². The van der Waals surface area contributed by atoms with Crippen LogP contribution >= 0.6 is 27.5 Å². The Morgan fingerprint density at radius 3 is 3.07 bits per heavy atom. The Bertz CT molecular complexity index is 390. The van der Waals surface area contributed by atoms with Crippen molar-refractivity contribution in [3.63, 3.8) is 0 Å². The molecule has 0 saturated carbocycles. The van der Waals surface area contributed by atoms with Gasteiger partial charge in [-0.2, -0.15) is 0 Å². The van der Waals surface area contributed by atoms with Gasteiger partial charge in [0.1, 0.15) is 5.00 Å². The standard InChI is InChI=1S/C6H7BrN6S/c1-13-4(6(7)10-11-13)2-8-5-3-9-12-14-5/h3,8H,2H2,1H3. The summed E-state index contributed by atoms with van der Waals surface area (Å²) in [6.45, 7) is 0.647. The van der Waals surface area contributed by atoms with E-state index >= 15 is 0 Å². The van der Waals surface area contributed by atoms with E-state index in [4.69, 9.17) is 0 Å². The second-order valence-corrected chi connectivity index (χ2v) is 4.12. The topological polar surface area (TPSA) is 68.5 Å². The van der Waals surface area contributed by atoms with Gasteiger partial charge in [-0.05, 0) is 15.9 Å². The molecule has 0 aliphatic carbocycles. The first-order valence-corrected chi connectivity index (χ1v) is 5.39. The smallest absolute Gasteiger partial charge is 0.153 e. The van der Waals surface area contributed by atoms with Crippen molar-refractivity contribution in [1.82, 2.24) is 24.6 Å². The van der Waals surface area contributed by atoms with E-state index in [1.165, 1.54) is 11.5 Å². The van der Waals surface area contributed by atoms with Gasteiger partial charge in [0.25, 0.3) is 0 Å². The molecule has 2 aromatic heterocycles. The molecule has 2 heterocycles. The van der Waals surface area contributed by atoms with Crippen LogP contribution in [-0.2, 0) is 13.6 Å². The fraction of sp³-hybridized carbons (Fsp3) is 0.333. The largest absolute Gasteiger partial charge is 0.369 e. The van der Waals surface area contributed by atoms with Crippen LogP contribution in [0.3, 0.4) is 0 Å². The molecule has 0 spiro atoms. The summed E-state index contributed by atoms with van der Waals surface area (Å²) in [6.07, 6.45) is 1.68. The average Bonchev–Trinajstić information content (AvgIpc) is 2.76. The van der Waals surface area contributed by atoms with Gasteiger partial charge in [-0.25, -0.2) is 4.68 Å². The Labute approximate surface area is 92.6 Å². The molecule has 0 amide bonds. The molecular weight excluding hydrogens is 268 g/mol. The van der Waals surface area contributed by atoms with E-state index in [0.717, 1.165) is 15.3 Å². The Balaban J connectivity index is 2.05. The fourth-order valence-electron chi connectivity index (χ4n) is 0.955. The second-order valence-electron chi connectivity index (χ2n) is 2.59. The van der Waals surface area contributed by atoms with E-state index in [2.05, 4.69) is 41.1 Å². The molecule has 0 aromatic carbocycles. The van der Waals surface area contributed by atoms with Crippen LogP contribution in [0.2, 0.25) is 0 Å². The van der Waals surface area contributed by atoms with Gasteiger partial charge in [0.2, 0.25) is 0 Å². The number of nitrogens with zero attached hydrogens (tertiary/aromatic N) is 5. The van der Waals surface area contributed by atoms with Crippen LogP contribution in [0.25, 0.3) is 0 Å².